The van der Waals surface area contributed by atoms with E-state index < -0.39 is 0 Å². The highest BCUT2D eigenvalue weighted by atomic mass is 35.5. The molecule has 8 heteroatoms. The second-order valence-electron chi connectivity index (χ2n) is 5.35. The molecule has 0 saturated carbocycles. The van der Waals surface area contributed by atoms with Crippen molar-refractivity contribution < 1.29 is 5.11 Å². The SMILES string of the molecule is Cn1ncc2c(NCc3ccccc3Cl)nc(NCCCO)nc21. The van der Waals surface area contributed by atoms with Crippen molar-refractivity contribution in [1.82, 2.24) is 19.7 Å². The van der Waals surface area contributed by atoms with Crippen LogP contribution < -0.4 is 10.6 Å². The molecule has 7 nitrogen and oxygen atoms in total. The number of halogens is 1. The molecule has 0 fully saturated rings. The fraction of sp³-hybridized carbons (Fsp3) is 0.312. The number of anilines is 2. The third kappa shape index (κ3) is 3.58. The van der Waals surface area contributed by atoms with Crippen LogP contribution in [0.4, 0.5) is 11.8 Å². The van der Waals surface area contributed by atoms with E-state index in [9.17, 15) is 0 Å². The number of fused-ring (bicyclic) bond motifs is 1. The third-order valence-corrected chi connectivity index (χ3v) is 3.98. The molecule has 3 aromatic rings. The van der Waals surface area contributed by atoms with Gasteiger partial charge in [-0.15, -0.1) is 0 Å². The number of hydrogen-bond acceptors (Lipinski definition) is 6. The molecule has 2 aromatic heterocycles. The Hall–Kier alpha value is -2.38. The van der Waals surface area contributed by atoms with E-state index in [0.29, 0.717) is 36.3 Å². The number of nitrogens with one attached hydrogen (secondary N) is 2. The molecule has 0 amide bonds. The summed E-state index contributed by atoms with van der Waals surface area (Å²) in [6.45, 7) is 1.28. The molecule has 0 unspecified atom stereocenters. The van der Waals surface area contributed by atoms with Gasteiger partial charge in [0.15, 0.2) is 5.65 Å². The molecule has 0 aliphatic rings. The summed E-state index contributed by atoms with van der Waals surface area (Å²) in [5.74, 6) is 1.20. The lowest BCUT2D eigenvalue weighted by molar-refractivity contribution is 0.292. The van der Waals surface area contributed by atoms with E-state index in [0.717, 1.165) is 16.6 Å². The van der Waals surface area contributed by atoms with E-state index in [1.807, 2.05) is 31.3 Å². The van der Waals surface area contributed by atoms with Crippen LogP contribution in [-0.4, -0.2) is 38.0 Å². The van der Waals surface area contributed by atoms with Crippen LogP contribution >= 0.6 is 11.6 Å². The summed E-state index contributed by atoms with van der Waals surface area (Å²) in [6.07, 6.45) is 2.37. The monoisotopic (exact) mass is 346 g/mol. The summed E-state index contributed by atoms with van der Waals surface area (Å²) in [7, 11) is 1.84. The minimum atomic E-state index is 0.124. The molecule has 0 saturated heterocycles. The standard InChI is InChI=1S/C16H19ClN6O/c1-23-15-12(10-20-23)14(21-16(22-15)18-7-4-8-24)19-9-11-5-2-3-6-13(11)17/h2-3,5-6,10,24H,4,7-9H2,1H3,(H2,18,19,21,22). The van der Waals surface area contributed by atoms with E-state index in [-0.39, 0.29) is 6.61 Å². The summed E-state index contributed by atoms with van der Waals surface area (Å²) in [6, 6.07) is 7.68. The Morgan fingerprint density at radius 3 is 2.83 bits per heavy atom. The molecule has 2 heterocycles. The largest absolute Gasteiger partial charge is 0.396 e. The van der Waals surface area contributed by atoms with E-state index in [4.69, 9.17) is 16.7 Å². The minimum absolute atomic E-state index is 0.124. The van der Waals surface area contributed by atoms with Gasteiger partial charge < -0.3 is 15.7 Å². The molecule has 24 heavy (non-hydrogen) atoms. The summed E-state index contributed by atoms with van der Waals surface area (Å²) >= 11 is 6.20. The molecule has 0 radical (unpaired) electrons. The average molecular weight is 347 g/mol. The van der Waals surface area contributed by atoms with Crippen LogP contribution in [0.2, 0.25) is 5.02 Å². The molecular formula is C16H19ClN6O. The third-order valence-electron chi connectivity index (χ3n) is 3.61. The number of rotatable bonds is 7. The highest BCUT2D eigenvalue weighted by Gasteiger charge is 2.11. The Kier molecular flexibility index (Phi) is 5.12. The molecule has 0 bridgehead atoms. The van der Waals surface area contributed by atoms with Gasteiger partial charge in [-0.25, -0.2) is 0 Å². The van der Waals surface area contributed by atoms with Gasteiger partial charge in [0.2, 0.25) is 5.95 Å². The summed E-state index contributed by atoms with van der Waals surface area (Å²) in [5.41, 5.74) is 1.72. The first-order chi connectivity index (χ1) is 11.7. The Morgan fingerprint density at radius 2 is 2.04 bits per heavy atom. The van der Waals surface area contributed by atoms with Gasteiger partial charge in [-0.2, -0.15) is 15.1 Å². The normalized spacial score (nSPS) is 11.0. The van der Waals surface area contributed by atoms with E-state index >= 15 is 0 Å². The lowest BCUT2D eigenvalue weighted by atomic mass is 10.2. The van der Waals surface area contributed by atoms with Gasteiger partial charge in [0.05, 0.1) is 11.6 Å². The first-order valence-electron chi connectivity index (χ1n) is 7.71. The molecule has 0 atom stereocenters. The minimum Gasteiger partial charge on any atom is -0.396 e. The number of benzene rings is 1. The topological polar surface area (TPSA) is 87.9 Å². The van der Waals surface area contributed by atoms with Crippen molar-refractivity contribution in [2.24, 2.45) is 7.05 Å². The van der Waals surface area contributed by atoms with E-state index in [1.54, 1.807) is 10.9 Å². The Labute approximate surface area is 144 Å². The number of hydrogen-bond donors (Lipinski definition) is 3. The highest BCUT2D eigenvalue weighted by Crippen LogP contribution is 2.23. The van der Waals surface area contributed by atoms with Gasteiger partial charge in [-0.3, -0.25) is 4.68 Å². The summed E-state index contributed by atoms with van der Waals surface area (Å²) in [5, 5.41) is 21.1. The summed E-state index contributed by atoms with van der Waals surface area (Å²) in [4.78, 5) is 8.99. The van der Waals surface area contributed by atoms with Crippen molar-refractivity contribution in [2.75, 3.05) is 23.8 Å². The van der Waals surface area contributed by atoms with Gasteiger partial charge >= 0.3 is 0 Å². The maximum Gasteiger partial charge on any atom is 0.226 e. The Morgan fingerprint density at radius 1 is 1.21 bits per heavy atom. The van der Waals surface area contributed by atoms with E-state index in [1.165, 1.54) is 0 Å². The number of nitrogens with zero attached hydrogens (tertiary/aromatic N) is 4. The van der Waals surface area contributed by atoms with Crippen LogP contribution in [-0.2, 0) is 13.6 Å². The van der Waals surface area contributed by atoms with Gasteiger partial charge in [0, 0.05) is 31.8 Å². The smallest absolute Gasteiger partial charge is 0.226 e. The Balaban J connectivity index is 1.86. The predicted octanol–water partition coefficient (Wildman–Crippen LogP) is 2.42. The van der Waals surface area contributed by atoms with Gasteiger partial charge in [-0.1, -0.05) is 29.8 Å². The molecule has 3 rings (SSSR count). The zero-order valence-corrected chi connectivity index (χ0v) is 14.1. The van der Waals surface area contributed by atoms with Gasteiger partial charge in [-0.05, 0) is 18.1 Å². The molecule has 0 spiro atoms. The van der Waals surface area contributed by atoms with Crippen LogP contribution in [0.15, 0.2) is 30.5 Å². The molecular weight excluding hydrogens is 328 g/mol. The maximum atomic E-state index is 8.90. The lowest BCUT2D eigenvalue weighted by Crippen LogP contribution is -2.10. The van der Waals surface area contributed by atoms with Crippen molar-refractivity contribution in [1.29, 1.82) is 0 Å². The fourth-order valence-corrected chi connectivity index (χ4v) is 2.54. The predicted molar refractivity (Wildman–Crippen MR) is 95.3 cm³/mol. The number of aliphatic hydroxyl groups is 1. The van der Waals surface area contributed by atoms with Gasteiger partial charge in [0.1, 0.15) is 5.82 Å². The van der Waals surface area contributed by atoms with Gasteiger partial charge in [0.25, 0.3) is 0 Å². The first-order valence-corrected chi connectivity index (χ1v) is 8.08. The summed E-state index contributed by atoms with van der Waals surface area (Å²) < 4.78 is 1.70. The second-order valence-corrected chi connectivity index (χ2v) is 5.76. The molecule has 3 N–H and O–H groups in total. The zero-order valence-electron chi connectivity index (χ0n) is 13.3. The van der Waals surface area contributed by atoms with E-state index in [2.05, 4.69) is 25.7 Å². The Bertz CT molecular complexity index is 835. The number of aromatic nitrogens is 4. The van der Waals surface area contributed by atoms with Crippen LogP contribution in [0.3, 0.4) is 0 Å². The second kappa shape index (κ2) is 7.46. The van der Waals surface area contributed by atoms with Crippen molar-refractivity contribution >= 4 is 34.4 Å². The molecule has 1 aromatic carbocycles. The van der Waals surface area contributed by atoms with Crippen molar-refractivity contribution in [3.05, 3.63) is 41.0 Å². The zero-order chi connectivity index (χ0) is 16.9. The fourth-order valence-electron chi connectivity index (χ4n) is 2.34. The van der Waals surface area contributed by atoms with Crippen molar-refractivity contribution in [3.8, 4) is 0 Å². The molecule has 126 valence electrons. The van der Waals surface area contributed by atoms with Crippen LogP contribution in [0.25, 0.3) is 11.0 Å². The van der Waals surface area contributed by atoms with Crippen molar-refractivity contribution in [3.63, 3.8) is 0 Å². The number of aliphatic hydroxyl groups excluding tert-OH is 1. The number of aryl methyl sites for hydroxylation is 1. The van der Waals surface area contributed by atoms with Crippen LogP contribution in [0, 0.1) is 0 Å². The average Bonchev–Trinajstić information content (AvgIpc) is 2.96. The maximum absolute atomic E-state index is 8.90. The van der Waals surface area contributed by atoms with Crippen LogP contribution in [0.1, 0.15) is 12.0 Å². The lowest BCUT2D eigenvalue weighted by Gasteiger charge is -2.11. The quantitative estimate of drug-likeness (QED) is 0.569. The first kappa shape index (κ1) is 16.5. The van der Waals surface area contributed by atoms with Crippen molar-refractivity contribution in [2.45, 2.75) is 13.0 Å². The molecule has 0 aliphatic carbocycles. The molecule has 0 aliphatic heterocycles. The van der Waals surface area contributed by atoms with Crippen LogP contribution in [0.5, 0.6) is 0 Å². The highest BCUT2D eigenvalue weighted by molar-refractivity contribution is 6.31.